The van der Waals surface area contributed by atoms with E-state index in [0.29, 0.717) is 5.69 Å². The van der Waals surface area contributed by atoms with E-state index in [9.17, 15) is 9.59 Å². The molecule has 2 aliphatic rings. The van der Waals surface area contributed by atoms with Crippen LogP contribution >= 0.6 is 0 Å². The third kappa shape index (κ3) is 1.63. The van der Waals surface area contributed by atoms with Gasteiger partial charge in [-0.2, -0.15) is 0 Å². The second kappa shape index (κ2) is 3.90. The number of fused-ring (bicyclic) bond motifs is 1. The number of hydrogen-bond donors (Lipinski definition) is 1. The van der Waals surface area contributed by atoms with E-state index >= 15 is 0 Å². The topological polar surface area (TPSA) is 49.4 Å². The van der Waals surface area contributed by atoms with Crippen LogP contribution in [0.4, 0.5) is 5.69 Å². The number of nitrogens with one attached hydrogen (secondary N) is 1. The van der Waals surface area contributed by atoms with Crippen molar-refractivity contribution >= 4 is 17.5 Å². The third-order valence-electron chi connectivity index (χ3n) is 4.35. The highest BCUT2D eigenvalue weighted by Crippen LogP contribution is 2.63. The zero-order valence-electron chi connectivity index (χ0n) is 11.4. The van der Waals surface area contributed by atoms with Gasteiger partial charge >= 0.3 is 0 Å². The zero-order valence-corrected chi connectivity index (χ0v) is 11.4. The molecule has 1 aromatic rings. The predicted molar refractivity (Wildman–Crippen MR) is 72.5 cm³/mol. The number of benzene rings is 1. The first-order valence-electron chi connectivity index (χ1n) is 6.60. The van der Waals surface area contributed by atoms with Gasteiger partial charge in [0.25, 0.3) is 0 Å². The van der Waals surface area contributed by atoms with Crippen LogP contribution in [-0.2, 0) is 16.1 Å². The summed E-state index contributed by atoms with van der Waals surface area (Å²) in [5.74, 6) is -0.316. The molecular formula is C15H18N2O2. The summed E-state index contributed by atoms with van der Waals surface area (Å²) in [6, 6.07) is 7.60. The first-order chi connectivity index (χ1) is 8.98. The zero-order chi connectivity index (χ0) is 13.8. The Morgan fingerprint density at radius 3 is 2.42 bits per heavy atom. The average Bonchev–Trinajstić information content (AvgIpc) is 2.80. The molecule has 2 amide bonds. The largest absolute Gasteiger partial charge is 0.316 e. The molecule has 0 aromatic heterocycles. The lowest BCUT2D eigenvalue weighted by atomic mass is 10.0. The third-order valence-corrected chi connectivity index (χ3v) is 4.35. The molecule has 2 unspecified atom stereocenters. The molecule has 2 fully saturated rings. The number of hydrogen-bond acceptors (Lipinski definition) is 3. The van der Waals surface area contributed by atoms with Crippen LogP contribution in [-0.4, -0.2) is 18.9 Å². The summed E-state index contributed by atoms with van der Waals surface area (Å²) >= 11 is 0. The Bertz CT molecular complexity index is 541. The molecule has 3 rings (SSSR count). The molecule has 100 valence electrons. The van der Waals surface area contributed by atoms with E-state index in [0.717, 1.165) is 12.1 Å². The maximum atomic E-state index is 12.3. The highest BCUT2D eigenvalue weighted by Gasteiger charge is 2.72. The van der Waals surface area contributed by atoms with Crippen LogP contribution in [0.25, 0.3) is 0 Å². The van der Waals surface area contributed by atoms with Crippen LogP contribution in [0.2, 0.25) is 0 Å². The van der Waals surface area contributed by atoms with Crippen LogP contribution in [0.5, 0.6) is 0 Å². The van der Waals surface area contributed by atoms with Gasteiger partial charge in [0, 0.05) is 6.54 Å². The summed E-state index contributed by atoms with van der Waals surface area (Å²) in [7, 11) is 1.87. The maximum absolute atomic E-state index is 12.3. The fourth-order valence-electron chi connectivity index (χ4n) is 3.21. The van der Waals surface area contributed by atoms with Crippen LogP contribution in [0, 0.1) is 17.3 Å². The lowest BCUT2D eigenvalue weighted by molar-refractivity contribution is -0.125. The Balaban J connectivity index is 1.90. The summed E-state index contributed by atoms with van der Waals surface area (Å²) in [4.78, 5) is 26.0. The maximum Gasteiger partial charge on any atom is 0.238 e. The van der Waals surface area contributed by atoms with Gasteiger partial charge in [-0.3, -0.25) is 14.5 Å². The Hall–Kier alpha value is -1.68. The molecular weight excluding hydrogens is 240 g/mol. The number of piperidine rings is 1. The van der Waals surface area contributed by atoms with Crippen molar-refractivity contribution in [2.24, 2.45) is 17.3 Å². The van der Waals surface area contributed by atoms with Gasteiger partial charge in [-0.05, 0) is 30.2 Å². The highest BCUT2D eigenvalue weighted by atomic mass is 16.2. The predicted octanol–water partition coefficient (Wildman–Crippen LogP) is 1.55. The number of carbonyl (C=O) groups excluding carboxylic acids is 2. The Labute approximate surface area is 112 Å². The second-order valence-electron chi connectivity index (χ2n) is 5.99. The van der Waals surface area contributed by atoms with E-state index in [1.54, 1.807) is 0 Å². The van der Waals surface area contributed by atoms with Gasteiger partial charge in [0.1, 0.15) is 0 Å². The molecule has 1 saturated heterocycles. The van der Waals surface area contributed by atoms with Crippen LogP contribution < -0.4 is 10.2 Å². The molecule has 1 aliphatic carbocycles. The van der Waals surface area contributed by atoms with E-state index in [1.165, 1.54) is 4.90 Å². The van der Waals surface area contributed by atoms with Crippen molar-refractivity contribution in [1.82, 2.24) is 5.32 Å². The van der Waals surface area contributed by atoms with Gasteiger partial charge in [0.15, 0.2) is 0 Å². The fourth-order valence-corrected chi connectivity index (χ4v) is 3.21. The summed E-state index contributed by atoms with van der Waals surface area (Å²) in [5, 5.41) is 3.07. The minimum absolute atomic E-state index is 0.0402. The molecule has 0 bridgehead atoms. The van der Waals surface area contributed by atoms with Gasteiger partial charge in [0.2, 0.25) is 11.8 Å². The van der Waals surface area contributed by atoms with Crippen LogP contribution in [0.1, 0.15) is 19.4 Å². The lowest BCUT2D eigenvalue weighted by Crippen LogP contribution is -2.36. The Kier molecular flexibility index (Phi) is 2.54. The smallest absolute Gasteiger partial charge is 0.238 e. The monoisotopic (exact) mass is 258 g/mol. The number of carbonyl (C=O) groups is 2. The van der Waals surface area contributed by atoms with Crippen molar-refractivity contribution in [2.45, 2.75) is 20.4 Å². The molecule has 0 radical (unpaired) electrons. The number of nitrogens with zero attached hydrogens (tertiary/aromatic N) is 1. The minimum Gasteiger partial charge on any atom is -0.316 e. The van der Waals surface area contributed by atoms with E-state index in [2.05, 4.69) is 5.32 Å². The van der Waals surface area contributed by atoms with Crippen LogP contribution in [0.3, 0.4) is 0 Å². The van der Waals surface area contributed by atoms with E-state index in [1.807, 2.05) is 45.2 Å². The van der Waals surface area contributed by atoms with Gasteiger partial charge in [-0.1, -0.05) is 26.0 Å². The first kappa shape index (κ1) is 12.4. The Morgan fingerprint density at radius 2 is 1.84 bits per heavy atom. The van der Waals surface area contributed by atoms with Crippen molar-refractivity contribution in [3.05, 3.63) is 29.8 Å². The molecule has 1 saturated carbocycles. The van der Waals surface area contributed by atoms with Gasteiger partial charge in [0.05, 0.1) is 17.5 Å². The molecule has 1 heterocycles. The molecule has 1 aliphatic heterocycles. The molecule has 2 atom stereocenters. The van der Waals surface area contributed by atoms with Crippen molar-refractivity contribution in [1.29, 1.82) is 0 Å². The fraction of sp³-hybridized carbons (Fsp3) is 0.467. The summed E-state index contributed by atoms with van der Waals surface area (Å²) < 4.78 is 0. The minimum atomic E-state index is -0.146. The summed E-state index contributed by atoms with van der Waals surface area (Å²) in [5.41, 5.74) is 1.62. The molecule has 4 nitrogen and oxygen atoms in total. The molecule has 4 heteroatoms. The first-order valence-corrected chi connectivity index (χ1v) is 6.60. The summed E-state index contributed by atoms with van der Waals surface area (Å²) in [6.07, 6.45) is 0. The quantitative estimate of drug-likeness (QED) is 0.837. The van der Waals surface area contributed by atoms with Gasteiger partial charge in [-0.15, -0.1) is 0 Å². The molecule has 1 N–H and O–H groups in total. The van der Waals surface area contributed by atoms with Crippen LogP contribution in [0.15, 0.2) is 24.3 Å². The van der Waals surface area contributed by atoms with E-state index < -0.39 is 0 Å². The number of imide groups is 1. The summed E-state index contributed by atoms with van der Waals surface area (Å²) in [6.45, 7) is 4.71. The van der Waals surface area contributed by atoms with E-state index in [4.69, 9.17) is 0 Å². The van der Waals surface area contributed by atoms with E-state index in [-0.39, 0.29) is 29.1 Å². The molecule has 0 spiro atoms. The number of anilines is 1. The number of rotatable bonds is 3. The number of amides is 2. The standard InChI is InChI=1S/C15H18N2O2/c1-15(2)11-12(15)14(19)17(13(11)18)10-6-4-5-9(7-10)8-16-3/h4-7,11-12,16H,8H2,1-3H3. The normalized spacial score (nSPS) is 27.6. The van der Waals surface area contributed by atoms with Gasteiger partial charge in [-0.25, -0.2) is 0 Å². The SMILES string of the molecule is CNCc1cccc(N2C(=O)C3C(C2=O)C3(C)C)c1. The van der Waals surface area contributed by atoms with Gasteiger partial charge < -0.3 is 5.32 Å². The van der Waals surface area contributed by atoms with Crippen molar-refractivity contribution < 1.29 is 9.59 Å². The lowest BCUT2D eigenvalue weighted by Gasteiger charge is -2.21. The van der Waals surface area contributed by atoms with Crippen molar-refractivity contribution in [3.63, 3.8) is 0 Å². The average molecular weight is 258 g/mol. The molecule has 19 heavy (non-hydrogen) atoms. The van der Waals surface area contributed by atoms with Crippen molar-refractivity contribution in [3.8, 4) is 0 Å². The van der Waals surface area contributed by atoms with Crippen molar-refractivity contribution in [2.75, 3.05) is 11.9 Å². The highest BCUT2D eigenvalue weighted by molar-refractivity contribution is 6.25. The second-order valence-corrected chi connectivity index (χ2v) is 5.99. The Morgan fingerprint density at radius 1 is 1.21 bits per heavy atom. The molecule has 1 aromatic carbocycles.